The summed E-state index contributed by atoms with van der Waals surface area (Å²) < 4.78 is 18.9. The van der Waals surface area contributed by atoms with E-state index in [0.717, 1.165) is 24.1 Å². The average Bonchev–Trinajstić information content (AvgIpc) is 2.88. The van der Waals surface area contributed by atoms with E-state index < -0.39 is 0 Å². The van der Waals surface area contributed by atoms with Gasteiger partial charge in [-0.1, -0.05) is 31.5 Å². The first-order chi connectivity index (χ1) is 16.5. The molecule has 2 aliphatic rings. The van der Waals surface area contributed by atoms with Crippen molar-refractivity contribution in [2.45, 2.75) is 38.6 Å². The van der Waals surface area contributed by atoms with Crippen LogP contribution < -0.4 is 9.64 Å². The van der Waals surface area contributed by atoms with Crippen LogP contribution in [-0.4, -0.2) is 61.4 Å². The summed E-state index contributed by atoms with van der Waals surface area (Å²) in [5.41, 5.74) is 1.87. The maximum atomic E-state index is 13.8. The zero-order valence-electron chi connectivity index (χ0n) is 20.1. The molecule has 2 aromatic carbocycles. The molecule has 182 valence electrons. The number of likely N-dealkylation sites (tertiary alicyclic amines) is 1. The fourth-order valence-electron chi connectivity index (χ4n) is 5.17. The number of carbonyl (C=O) groups excluding carboxylic acids is 2. The van der Waals surface area contributed by atoms with Crippen molar-refractivity contribution in [3.05, 3.63) is 59.9 Å². The first-order valence-electron chi connectivity index (χ1n) is 12.2. The van der Waals surface area contributed by atoms with E-state index in [1.54, 1.807) is 19.2 Å². The van der Waals surface area contributed by atoms with E-state index >= 15 is 0 Å². The standard InChI is InChI=1S/C27H34FN3O3/c1-3-4-15-31-25(32)14-13-23(26(31)22-7-5-6-8-24(22)34-2)27(33)30-18-16-29(17-19-30)21-11-9-20(28)10-12-21/h5-12,23,26H,3-4,13-19H2,1-2H3. The van der Waals surface area contributed by atoms with Crippen LogP contribution in [0.15, 0.2) is 48.5 Å². The lowest BCUT2D eigenvalue weighted by Gasteiger charge is -2.44. The number of unbranched alkanes of at least 4 members (excludes halogenated alkanes) is 1. The Bertz CT molecular complexity index is 989. The van der Waals surface area contributed by atoms with Crippen molar-refractivity contribution in [1.82, 2.24) is 9.80 Å². The number of benzene rings is 2. The minimum absolute atomic E-state index is 0.101. The van der Waals surface area contributed by atoms with Gasteiger partial charge in [0.25, 0.3) is 0 Å². The van der Waals surface area contributed by atoms with Crippen LogP contribution in [0.1, 0.15) is 44.2 Å². The van der Waals surface area contributed by atoms with Crippen molar-refractivity contribution < 1.29 is 18.7 Å². The molecule has 0 bridgehead atoms. The summed E-state index contributed by atoms with van der Waals surface area (Å²) >= 11 is 0. The molecule has 2 aromatic rings. The zero-order valence-corrected chi connectivity index (χ0v) is 20.1. The highest BCUT2D eigenvalue weighted by molar-refractivity contribution is 5.85. The molecule has 0 saturated carbocycles. The Hall–Kier alpha value is -3.09. The van der Waals surface area contributed by atoms with Crippen molar-refractivity contribution >= 4 is 17.5 Å². The van der Waals surface area contributed by atoms with E-state index in [2.05, 4.69) is 11.8 Å². The van der Waals surface area contributed by atoms with E-state index in [1.165, 1.54) is 12.1 Å². The molecule has 2 atom stereocenters. The molecular formula is C27H34FN3O3. The zero-order chi connectivity index (χ0) is 24.1. The number of anilines is 1. The molecule has 0 radical (unpaired) electrons. The van der Waals surface area contributed by atoms with Crippen molar-refractivity contribution in [2.24, 2.45) is 5.92 Å². The summed E-state index contributed by atoms with van der Waals surface area (Å²) in [5, 5.41) is 0. The highest BCUT2D eigenvalue weighted by Gasteiger charge is 2.43. The van der Waals surface area contributed by atoms with Crippen LogP contribution in [0.25, 0.3) is 0 Å². The monoisotopic (exact) mass is 467 g/mol. The Morgan fingerprint density at radius 2 is 1.76 bits per heavy atom. The van der Waals surface area contributed by atoms with Crippen LogP contribution in [0.5, 0.6) is 5.75 Å². The second-order valence-corrected chi connectivity index (χ2v) is 9.06. The fourth-order valence-corrected chi connectivity index (χ4v) is 5.17. The van der Waals surface area contributed by atoms with Gasteiger partial charge in [-0.05, 0) is 43.2 Å². The molecule has 2 amide bonds. The van der Waals surface area contributed by atoms with Crippen LogP contribution in [0.2, 0.25) is 0 Å². The normalized spacial score (nSPS) is 21.0. The summed E-state index contributed by atoms with van der Waals surface area (Å²) in [6.45, 7) is 5.35. The third-order valence-corrected chi connectivity index (χ3v) is 7.02. The van der Waals surface area contributed by atoms with Crippen LogP contribution >= 0.6 is 0 Å². The van der Waals surface area contributed by atoms with Gasteiger partial charge in [-0.2, -0.15) is 0 Å². The number of piperidine rings is 1. The number of rotatable bonds is 7. The fraction of sp³-hybridized carbons (Fsp3) is 0.481. The summed E-state index contributed by atoms with van der Waals surface area (Å²) in [7, 11) is 1.63. The maximum absolute atomic E-state index is 13.8. The predicted molar refractivity (Wildman–Crippen MR) is 130 cm³/mol. The van der Waals surface area contributed by atoms with Gasteiger partial charge in [-0.15, -0.1) is 0 Å². The minimum Gasteiger partial charge on any atom is -0.496 e. The molecule has 7 heteroatoms. The molecule has 2 heterocycles. The van der Waals surface area contributed by atoms with Gasteiger partial charge in [0.05, 0.1) is 19.1 Å². The second-order valence-electron chi connectivity index (χ2n) is 9.06. The molecule has 2 aliphatic heterocycles. The average molecular weight is 468 g/mol. The molecule has 6 nitrogen and oxygen atoms in total. The molecule has 4 rings (SSSR count). The molecule has 2 saturated heterocycles. The molecule has 0 aromatic heterocycles. The number of methoxy groups -OCH3 is 1. The van der Waals surface area contributed by atoms with Crippen LogP contribution in [0, 0.1) is 11.7 Å². The largest absolute Gasteiger partial charge is 0.496 e. The van der Waals surface area contributed by atoms with Gasteiger partial charge in [0.2, 0.25) is 11.8 Å². The lowest BCUT2D eigenvalue weighted by Crippen LogP contribution is -2.54. The van der Waals surface area contributed by atoms with E-state index in [4.69, 9.17) is 4.74 Å². The Morgan fingerprint density at radius 3 is 2.44 bits per heavy atom. The highest BCUT2D eigenvalue weighted by atomic mass is 19.1. The maximum Gasteiger partial charge on any atom is 0.228 e. The summed E-state index contributed by atoms with van der Waals surface area (Å²) in [6.07, 6.45) is 2.81. The van der Waals surface area contributed by atoms with Gasteiger partial charge >= 0.3 is 0 Å². The van der Waals surface area contributed by atoms with Crippen LogP contribution in [-0.2, 0) is 9.59 Å². The minimum atomic E-state index is -0.327. The number of halogens is 1. The lowest BCUT2D eigenvalue weighted by atomic mass is 9.82. The lowest BCUT2D eigenvalue weighted by molar-refractivity contribution is -0.148. The van der Waals surface area contributed by atoms with Gasteiger partial charge in [-0.25, -0.2) is 4.39 Å². The summed E-state index contributed by atoms with van der Waals surface area (Å²) in [6, 6.07) is 13.9. The van der Waals surface area contributed by atoms with Crippen LogP contribution in [0.4, 0.5) is 10.1 Å². The summed E-state index contributed by atoms with van der Waals surface area (Å²) in [4.78, 5) is 32.8. The third-order valence-electron chi connectivity index (χ3n) is 7.02. The Morgan fingerprint density at radius 1 is 1.06 bits per heavy atom. The van der Waals surface area contributed by atoms with Gasteiger partial charge in [-0.3, -0.25) is 9.59 Å². The van der Waals surface area contributed by atoms with Gasteiger partial charge in [0.15, 0.2) is 0 Å². The first-order valence-corrected chi connectivity index (χ1v) is 12.2. The summed E-state index contributed by atoms with van der Waals surface area (Å²) in [5.74, 6) is 0.364. The number of ether oxygens (including phenoxy) is 1. The van der Waals surface area contributed by atoms with E-state index in [9.17, 15) is 14.0 Å². The first kappa shape index (κ1) is 24.0. The van der Waals surface area contributed by atoms with Gasteiger partial charge in [0.1, 0.15) is 11.6 Å². The van der Waals surface area contributed by atoms with Crippen molar-refractivity contribution in [1.29, 1.82) is 0 Å². The predicted octanol–water partition coefficient (Wildman–Crippen LogP) is 4.26. The Labute approximate surface area is 201 Å². The topological polar surface area (TPSA) is 53.1 Å². The van der Waals surface area contributed by atoms with Crippen molar-refractivity contribution in [2.75, 3.05) is 44.7 Å². The molecule has 0 spiro atoms. The second kappa shape index (κ2) is 10.9. The number of para-hydroxylation sites is 1. The van der Waals surface area contributed by atoms with E-state index in [0.29, 0.717) is 51.3 Å². The number of carbonyl (C=O) groups is 2. The van der Waals surface area contributed by atoms with Crippen LogP contribution in [0.3, 0.4) is 0 Å². The number of piperazine rings is 1. The number of amides is 2. The SMILES string of the molecule is CCCCN1C(=O)CCC(C(=O)N2CCN(c3ccc(F)cc3)CC2)C1c1ccccc1OC. The van der Waals surface area contributed by atoms with E-state index in [-0.39, 0.29) is 29.6 Å². The molecule has 0 N–H and O–H groups in total. The molecular weight excluding hydrogens is 433 g/mol. The molecule has 34 heavy (non-hydrogen) atoms. The third kappa shape index (κ3) is 5.03. The Kier molecular flexibility index (Phi) is 7.70. The molecule has 0 aliphatic carbocycles. The number of hydrogen-bond acceptors (Lipinski definition) is 4. The van der Waals surface area contributed by atoms with Crippen molar-refractivity contribution in [3.8, 4) is 5.75 Å². The smallest absolute Gasteiger partial charge is 0.228 e. The van der Waals surface area contributed by atoms with Crippen molar-refractivity contribution in [3.63, 3.8) is 0 Å². The quantitative estimate of drug-likeness (QED) is 0.611. The Balaban J connectivity index is 1.55. The number of hydrogen-bond donors (Lipinski definition) is 0. The van der Waals surface area contributed by atoms with E-state index in [1.807, 2.05) is 34.1 Å². The molecule has 2 unspecified atom stereocenters. The number of nitrogens with zero attached hydrogens (tertiary/aromatic N) is 3. The highest BCUT2D eigenvalue weighted by Crippen LogP contribution is 2.41. The van der Waals surface area contributed by atoms with Gasteiger partial charge < -0.3 is 19.4 Å². The molecule has 2 fully saturated rings. The van der Waals surface area contributed by atoms with Gasteiger partial charge in [0, 0.05) is 50.4 Å².